The first-order valence-electron chi connectivity index (χ1n) is 8.32. The maximum absolute atomic E-state index is 12.7. The Labute approximate surface area is 149 Å². The van der Waals surface area contributed by atoms with E-state index in [2.05, 4.69) is 10.9 Å². The van der Waals surface area contributed by atoms with E-state index in [9.17, 15) is 14.4 Å². The number of benzene rings is 1. The lowest BCUT2D eigenvalue weighted by molar-refractivity contribution is -0.128. The first kappa shape index (κ1) is 18.8. The third-order valence-electron chi connectivity index (χ3n) is 4.15. The number of nitrogens with one attached hydrogen (secondary N) is 2. The monoisotopic (exact) mass is 339 g/mol. The van der Waals surface area contributed by atoms with E-state index in [4.69, 9.17) is 7.85 Å². The topological polar surface area (TPSA) is 78.5 Å². The van der Waals surface area contributed by atoms with E-state index in [-0.39, 0.29) is 17.7 Å². The van der Waals surface area contributed by atoms with Crippen molar-refractivity contribution in [2.75, 3.05) is 13.1 Å². The van der Waals surface area contributed by atoms with E-state index < -0.39 is 5.81 Å². The Morgan fingerprint density at radius 1 is 1.04 bits per heavy atom. The number of piperidine rings is 1. The quantitative estimate of drug-likeness (QED) is 0.499. The van der Waals surface area contributed by atoms with Gasteiger partial charge >= 0.3 is 0 Å². The number of amides is 3. The SMILES string of the molecule is [B]C(=O)N1CCC(=C(C(=O)NNC(=O)C(C)C)c2ccccc2)CC1. The number of carbonyl (C=O) groups is 3. The fourth-order valence-electron chi connectivity index (χ4n) is 2.67. The van der Waals surface area contributed by atoms with Crippen molar-refractivity contribution in [3.05, 3.63) is 41.5 Å². The fourth-order valence-corrected chi connectivity index (χ4v) is 2.67. The summed E-state index contributed by atoms with van der Waals surface area (Å²) in [7, 11) is 5.31. The highest BCUT2D eigenvalue weighted by molar-refractivity contribution is 6.56. The molecule has 1 aromatic rings. The summed E-state index contributed by atoms with van der Waals surface area (Å²) in [6.45, 7) is 4.45. The van der Waals surface area contributed by atoms with Crippen LogP contribution in [-0.4, -0.2) is 43.5 Å². The number of nitrogens with zero attached hydrogens (tertiary/aromatic N) is 1. The highest BCUT2D eigenvalue weighted by Crippen LogP contribution is 2.27. The molecule has 0 aliphatic carbocycles. The molecule has 3 amide bonds. The van der Waals surface area contributed by atoms with Crippen LogP contribution in [0.5, 0.6) is 0 Å². The second-order valence-electron chi connectivity index (χ2n) is 6.27. The van der Waals surface area contributed by atoms with E-state index in [1.54, 1.807) is 18.7 Å². The van der Waals surface area contributed by atoms with Crippen molar-refractivity contribution in [3.63, 3.8) is 0 Å². The van der Waals surface area contributed by atoms with Crippen LogP contribution < -0.4 is 10.9 Å². The van der Waals surface area contributed by atoms with Crippen LogP contribution in [0, 0.1) is 5.92 Å². The molecule has 1 heterocycles. The minimum absolute atomic E-state index is 0.230. The fraction of sp³-hybridized carbons (Fsp3) is 0.389. The van der Waals surface area contributed by atoms with E-state index in [0.717, 1.165) is 11.1 Å². The van der Waals surface area contributed by atoms with Gasteiger partial charge in [-0.1, -0.05) is 49.8 Å². The van der Waals surface area contributed by atoms with Crippen molar-refractivity contribution in [3.8, 4) is 0 Å². The minimum Gasteiger partial charge on any atom is -0.352 e. The Morgan fingerprint density at radius 3 is 2.16 bits per heavy atom. The van der Waals surface area contributed by atoms with Crippen LogP contribution in [0.1, 0.15) is 32.3 Å². The lowest BCUT2D eigenvalue weighted by atomic mass is 9.91. The predicted molar refractivity (Wildman–Crippen MR) is 96.4 cm³/mol. The predicted octanol–water partition coefficient (Wildman–Crippen LogP) is 1.63. The summed E-state index contributed by atoms with van der Waals surface area (Å²) in [4.78, 5) is 37.2. The number of hydrogen-bond donors (Lipinski definition) is 2. The van der Waals surface area contributed by atoms with E-state index in [1.165, 1.54) is 0 Å². The first-order valence-corrected chi connectivity index (χ1v) is 8.32. The van der Waals surface area contributed by atoms with Gasteiger partial charge in [-0.25, -0.2) is 0 Å². The van der Waals surface area contributed by atoms with Gasteiger partial charge in [0, 0.05) is 24.6 Å². The van der Waals surface area contributed by atoms with E-state index in [1.807, 2.05) is 30.3 Å². The summed E-state index contributed by atoms with van der Waals surface area (Å²) >= 11 is 0. The van der Waals surface area contributed by atoms with Gasteiger partial charge in [0.25, 0.3) is 5.91 Å². The number of hydrogen-bond acceptors (Lipinski definition) is 3. The standard InChI is InChI=1S/C18H22BN3O3/c1-12(2)16(23)20-21-17(24)15(13-6-4-3-5-7-13)14-8-10-22(11-9-14)18(19)25/h3-7,12H,8-11H2,1-2H3,(H,20,23)(H,21,24). The molecular formula is C18H22BN3O3. The molecule has 130 valence electrons. The normalized spacial score (nSPS) is 14.2. The molecule has 0 unspecified atom stereocenters. The summed E-state index contributed by atoms with van der Waals surface area (Å²) in [5.74, 6) is -1.29. The van der Waals surface area contributed by atoms with Crippen LogP contribution in [0.15, 0.2) is 35.9 Å². The molecule has 2 radical (unpaired) electrons. The molecular weight excluding hydrogens is 317 g/mol. The molecule has 25 heavy (non-hydrogen) atoms. The molecule has 1 aliphatic heterocycles. The largest absolute Gasteiger partial charge is 0.352 e. The zero-order valence-electron chi connectivity index (χ0n) is 14.5. The van der Waals surface area contributed by atoms with Crippen LogP contribution in [0.4, 0.5) is 4.79 Å². The van der Waals surface area contributed by atoms with E-state index >= 15 is 0 Å². The molecule has 0 spiro atoms. The summed E-state index contributed by atoms with van der Waals surface area (Å²) in [5.41, 5.74) is 7.19. The summed E-state index contributed by atoms with van der Waals surface area (Å²) in [6.07, 6.45) is 1.14. The minimum atomic E-state index is -0.450. The molecule has 1 aliphatic rings. The zero-order valence-corrected chi connectivity index (χ0v) is 14.5. The van der Waals surface area contributed by atoms with Crippen molar-refractivity contribution in [1.82, 2.24) is 15.8 Å². The average molecular weight is 339 g/mol. The van der Waals surface area contributed by atoms with Crippen LogP contribution in [-0.2, 0) is 9.59 Å². The maximum Gasteiger partial charge on any atom is 0.270 e. The molecule has 1 aromatic carbocycles. The molecule has 0 bridgehead atoms. The molecule has 7 heteroatoms. The lowest BCUT2D eigenvalue weighted by Crippen LogP contribution is -2.44. The highest BCUT2D eigenvalue weighted by atomic mass is 16.2. The third-order valence-corrected chi connectivity index (χ3v) is 4.15. The molecule has 2 rings (SSSR count). The van der Waals surface area contributed by atoms with Crippen molar-refractivity contribution in [2.45, 2.75) is 26.7 Å². The molecule has 0 saturated carbocycles. The number of rotatable bonds is 3. The van der Waals surface area contributed by atoms with Crippen molar-refractivity contribution < 1.29 is 14.4 Å². The number of hydrazine groups is 1. The second-order valence-corrected chi connectivity index (χ2v) is 6.27. The van der Waals surface area contributed by atoms with Gasteiger partial charge in [0.2, 0.25) is 13.8 Å². The van der Waals surface area contributed by atoms with Crippen molar-refractivity contribution in [2.24, 2.45) is 5.92 Å². The molecule has 1 saturated heterocycles. The van der Waals surface area contributed by atoms with Crippen LogP contribution in [0.3, 0.4) is 0 Å². The van der Waals surface area contributed by atoms with Crippen LogP contribution >= 0.6 is 0 Å². The van der Waals surface area contributed by atoms with Gasteiger partial charge in [-0.2, -0.15) is 0 Å². The van der Waals surface area contributed by atoms with Gasteiger partial charge < -0.3 is 4.90 Å². The van der Waals surface area contributed by atoms with Gasteiger partial charge in [0.1, 0.15) is 0 Å². The molecule has 1 fully saturated rings. The lowest BCUT2D eigenvalue weighted by Gasteiger charge is -2.29. The van der Waals surface area contributed by atoms with E-state index in [0.29, 0.717) is 31.5 Å². The second kappa shape index (κ2) is 8.51. The number of carbonyl (C=O) groups excluding carboxylic acids is 3. The zero-order chi connectivity index (χ0) is 18.4. The van der Waals surface area contributed by atoms with Crippen molar-refractivity contribution in [1.29, 1.82) is 0 Å². The van der Waals surface area contributed by atoms with Gasteiger partial charge in [0.05, 0.1) is 0 Å². The molecule has 0 atom stereocenters. The Hall–Kier alpha value is -2.57. The summed E-state index contributed by atoms with van der Waals surface area (Å²) < 4.78 is 0. The average Bonchev–Trinajstić information content (AvgIpc) is 2.61. The maximum atomic E-state index is 12.7. The Morgan fingerprint density at radius 2 is 1.64 bits per heavy atom. The van der Waals surface area contributed by atoms with Crippen molar-refractivity contribution >= 4 is 31.0 Å². The summed E-state index contributed by atoms with van der Waals surface area (Å²) in [5, 5.41) is 0. The Bertz CT molecular complexity index is 676. The van der Waals surface area contributed by atoms with Gasteiger partial charge in [-0.3, -0.25) is 25.2 Å². The third kappa shape index (κ3) is 4.95. The molecule has 2 N–H and O–H groups in total. The smallest absolute Gasteiger partial charge is 0.270 e. The highest BCUT2D eigenvalue weighted by Gasteiger charge is 2.23. The molecule has 0 aromatic heterocycles. The van der Waals surface area contributed by atoms with Gasteiger partial charge in [0.15, 0.2) is 5.81 Å². The van der Waals surface area contributed by atoms with Crippen LogP contribution in [0.2, 0.25) is 0 Å². The number of likely N-dealkylation sites (tertiary alicyclic amines) is 1. The summed E-state index contributed by atoms with van der Waals surface area (Å²) in [6, 6.07) is 9.29. The van der Waals surface area contributed by atoms with Crippen LogP contribution in [0.25, 0.3) is 5.57 Å². The Kier molecular flexibility index (Phi) is 6.39. The Balaban J connectivity index is 2.23. The van der Waals surface area contributed by atoms with Gasteiger partial charge in [-0.05, 0) is 18.4 Å². The first-order chi connectivity index (χ1) is 11.9. The molecule has 6 nitrogen and oxygen atoms in total. The van der Waals surface area contributed by atoms with Gasteiger partial charge in [-0.15, -0.1) is 0 Å².